The summed E-state index contributed by atoms with van der Waals surface area (Å²) in [5.41, 5.74) is 0.889. The molecule has 1 N–H and O–H groups in total. The molecule has 0 bridgehead atoms. The molecule has 0 radical (unpaired) electrons. The maximum absolute atomic E-state index is 12.8. The molecule has 28 heavy (non-hydrogen) atoms. The Hall–Kier alpha value is -2.47. The lowest BCUT2D eigenvalue weighted by molar-refractivity contribution is -0.140. The normalized spacial score (nSPS) is 17.4. The smallest absolute Gasteiger partial charge is 0.322 e. The molecule has 0 amide bonds. The number of benzene rings is 2. The molecule has 146 valence electrons. The van der Waals surface area contributed by atoms with Gasteiger partial charge in [0.1, 0.15) is 18.4 Å². The Balaban J connectivity index is 1.66. The van der Waals surface area contributed by atoms with Crippen LogP contribution in [0.3, 0.4) is 0 Å². The van der Waals surface area contributed by atoms with Crippen molar-refractivity contribution in [1.29, 1.82) is 0 Å². The highest BCUT2D eigenvalue weighted by atomic mass is 32.2. The van der Waals surface area contributed by atoms with Crippen molar-refractivity contribution >= 4 is 27.8 Å². The summed E-state index contributed by atoms with van der Waals surface area (Å²) in [5, 5.41) is 9.31. The fourth-order valence-electron chi connectivity index (χ4n) is 2.69. The molecule has 2 aromatic rings. The lowest BCUT2D eigenvalue weighted by Gasteiger charge is -2.31. The quantitative estimate of drug-likeness (QED) is 0.752. The standard InChI is InChI=1S/C20H19NO5S2/c22-20(23)19-15-27-14-12-21(19)28(24,25)18-10-8-17(9-11-18)26-13-4-7-16-5-2-1-3-6-16/h1-3,5-6,8-11,19H,12-15H2,(H,22,23). The first-order chi connectivity index (χ1) is 13.5. The van der Waals surface area contributed by atoms with Crippen LogP contribution in [0.2, 0.25) is 0 Å². The van der Waals surface area contributed by atoms with Gasteiger partial charge in [0.15, 0.2) is 0 Å². The van der Waals surface area contributed by atoms with Gasteiger partial charge >= 0.3 is 5.97 Å². The zero-order chi connectivity index (χ0) is 20.0. The number of hydrogen-bond acceptors (Lipinski definition) is 5. The van der Waals surface area contributed by atoms with Gasteiger partial charge in [-0.1, -0.05) is 30.0 Å². The number of sulfonamides is 1. The lowest BCUT2D eigenvalue weighted by atomic mass is 10.2. The number of nitrogens with zero attached hydrogens (tertiary/aromatic N) is 1. The highest BCUT2D eigenvalue weighted by molar-refractivity contribution is 7.99. The Morgan fingerprint density at radius 1 is 1.18 bits per heavy atom. The molecule has 1 aliphatic heterocycles. The Kier molecular flexibility index (Phi) is 6.62. The summed E-state index contributed by atoms with van der Waals surface area (Å²) in [6, 6.07) is 14.4. The van der Waals surface area contributed by atoms with Crippen molar-refractivity contribution in [3.8, 4) is 17.6 Å². The van der Waals surface area contributed by atoms with Crippen LogP contribution >= 0.6 is 11.8 Å². The molecular formula is C20H19NO5S2. The van der Waals surface area contributed by atoms with E-state index in [1.807, 2.05) is 30.3 Å². The van der Waals surface area contributed by atoms with E-state index < -0.39 is 22.0 Å². The van der Waals surface area contributed by atoms with Crippen molar-refractivity contribution < 1.29 is 23.1 Å². The maximum atomic E-state index is 12.8. The molecule has 0 aromatic heterocycles. The van der Waals surface area contributed by atoms with Crippen molar-refractivity contribution in [2.24, 2.45) is 0 Å². The first-order valence-corrected chi connectivity index (χ1v) is 11.2. The second-order valence-corrected chi connectivity index (χ2v) is 9.01. The largest absolute Gasteiger partial charge is 0.481 e. The fourth-order valence-corrected chi connectivity index (χ4v) is 5.52. The van der Waals surface area contributed by atoms with Crippen molar-refractivity contribution in [3.05, 3.63) is 60.2 Å². The Morgan fingerprint density at radius 3 is 2.57 bits per heavy atom. The second kappa shape index (κ2) is 9.15. The van der Waals surface area contributed by atoms with Gasteiger partial charge in [0.05, 0.1) is 4.90 Å². The van der Waals surface area contributed by atoms with Crippen LogP contribution in [-0.2, 0) is 14.8 Å². The monoisotopic (exact) mass is 417 g/mol. The van der Waals surface area contributed by atoms with Gasteiger partial charge in [0, 0.05) is 23.6 Å². The molecule has 0 spiro atoms. The number of rotatable bonds is 5. The molecule has 1 fully saturated rings. The Bertz CT molecular complexity index is 979. The van der Waals surface area contributed by atoms with Crippen molar-refractivity contribution in [1.82, 2.24) is 4.31 Å². The van der Waals surface area contributed by atoms with E-state index >= 15 is 0 Å². The topological polar surface area (TPSA) is 83.9 Å². The third kappa shape index (κ3) is 4.87. The molecule has 1 unspecified atom stereocenters. The molecule has 1 heterocycles. The molecular weight excluding hydrogens is 398 g/mol. The van der Waals surface area contributed by atoms with E-state index in [0.29, 0.717) is 11.5 Å². The van der Waals surface area contributed by atoms with Gasteiger partial charge in [-0.05, 0) is 36.4 Å². The minimum Gasteiger partial charge on any atom is -0.481 e. The number of hydrogen-bond donors (Lipinski definition) is 1. The van der Waals surface area contributed by atoms with Crippen molar-refractivity contribution in [3.63, 3.8) is 0 Å². The van der Waals surface area contributed by atoms with Crippen molar-refractivity contribution in [2.45, 2.75) is 10.9 Å². The summed E-state index contributed by atoms with van der Waals surface area (Å²) in [4.78, 5) is 11.4. The molecule has 6 nitrogen and oxygen atoms in total. The predicted molar refractivity (Wildman–Crippen MR) is 108 cm³/mol. The van der Waals surface area contributed by atoms with Gasteiger partial charge in [0.2, 0.25) is 10.0 Å². The minimum atomic E-state index is -3.88. The number of aliphatic carboxylic acids is 1. The van der Waals surface area contributed by atoms with Crippen LogP contribution in [0.15, 0.2) is 59.5 Å². The van der Waals surface area contributed by atoms with Crippen LogP contribution in [0, 0.1) is 11.8 Å². The van der Waals surface area contributed by atoms with Gasteiger partial charge in [-0.3, -0.25) is 4.79 Å². The Morgan fingerprint density at radius 2 is 1.89 bits per heavy atom. The molecule has 3 rings (SSSR count). The highest BCUT2D eigenvalue weighted by Gasteiger charge is 2.37. The number of carboxylic acid groups (broad SMARTS) is 1. The van der Waals surface area contributed by atoms with Gasteiger partial charge in [-0.25, -0.2) is 8.42 Å². The molecule has 1 saturated heterocycles. The van der Waals surface area contributed by atoms with Gasteiger partial charge < -0.3 is 9.84 Å². The zero-order valence-corrected chi connectivity index (χ0v) is 16.6. The van der Waals surface area contributed by atoms with Gasteiger partial charge in [-0.15, -0.1) is 0 Å². The third-order valence-electron chi connectivity index (χ3n) is 4.11. The predicted octanol–water partition coefficient (Wildman–Crippen LogP) is 2.31. The number of ether oxygens (including phenoxy) is 1. The Labute approximate surface area is 168 Å². The van der Waals surface area contributed by atoms with Gasteiger partial charge in [-0.2, -0.15) is 16.1 Å². The van der Waals surface area contributed by atoms with E-state index in [0.717, 1.165) is 9.87 Å². The number of carbonyl (C=O) groups is 1. The summed E-state index contributed by atoms with van der Waals surface area (Å²) >= 11 is 1.44. The number of thioether (sulfide) groups is 1. The minimum absolute atomic E-state index is 0.0494. The van der Waals surface area contributed by atoms with Crippen LogP contribution < -0.4 is 4.74 Å². The first-order valence-electron chi connectivity index (χ1n) is 8.57. The van der Waals surface area contributed by atoms with E-state index in [4.69, 9.17) is 4.74 Å². The summed E-state index contributed by atoms with van der Waals surface area (Å²) < 4.78 is 32.2. The summed E-state index contributed by atoms with van der Waals surface area (Å²) in [5.74, 6) is 6.05. The van der Waals surface area contributed by atoms with E-state index in [9.17, 15) is 18.3 Å². The van der Waals surface area contributed by atoms with Gasteiger partial charge in [0.25, 0.3) is 0 Å². The average molecular weight is 418 g/mol. The number of carboxylic acids is 1. The highest BCUT2D eigenvalue weighted by Crippen LogP contribution is 2.26. The first kappa shape index (κ1) is 20.3. The van der Waals surface area contributed by atoms with E-state index in [1.54, 1.807) is 12.1 Å². The average Bonchev–Trinajstić information content (AvgIpc) is 2.72. The van der Waals surface area contributed by atoms with Crippen LogP contribution in [-0.4, -0.2) is 54.5 Å². The fraction of sp³-hybridized carbons (Fsp3) is 0.250. The van der Waals surface area contributed by atoms with Crippen LogP contribution in [0.5, 0.6) is 5.75 Å². The van der Waals surface area contributed by atoms with Crippen LogP contribution in [0.25, 0.3) is 0 Å². The zero-order valence-electron chi connectivity index (χ0n) is 14.9. The van der Waals surface area contributed by atoms with Crippen LogP contribution in [0.4, 0.5) is 0 Å². The summed E-state index contributed by atoms with van der Waals surface area (Å²) in [7, 11) is -3.88. The molecule has 2 aromatic carbocycles. The van der Waals surface area contributed by atoms with Crippen molar-refractivity contribution in [2.75, 3.05) is 24.7 Å². The molecule has 1 atom stereocenters. The molecule has 0 aliphatic carbocycles. The molecule has 0 saturated carbocycles. The van der Waals surface area contributed by atoms with E-state index in [-0.39, 0.29) is 23.8 Å². The summed E-state index contributed by atoms with van der Waals surface area (Å²) in [6.07, 6.45) is 0. The van der Waals surface area contributed by atoms with E-state index in [2.05, 4.69) is 11.8 Å². The second-order valence-electron chi connectivity index (χ2n) is 5.97. The maximum Gasteiger partial charge on any atom is 0.322 e. The summed E-state index contributed by atoms with van der Waals surface area (Å²) in [6.45, 7) is 0.350. The van der Waals surface area contributed by atoms with E-state index in [1.165, 1.54) is 23.9 Å². The lowest BCUT2D eigenvalue weighted by Crippen LogP contribution is -2.50. The van der Waals surface area contributed by atoms with Crippen LogP contribution in [0.1, 0.15) is 5.56 Å². The molecule has 1 aliphatic rings. The third-order valence-corrected chi connectivity index (χ3v) is 7.06. The molecule has 8 heteroatoms. The SMILES string of the molecule is O=C(O)C1CSCCN1S(=O)(=O)c1ccc(OCC#Cc2ccccc2)cc1.